The normalized spacial score (nSPS) is 18.9. The van der Waals surface area contributed by atoms with Gasteiger partial charge in [-0.2, -0.15) is 0 Å². The minimum atomic E-state index is -0.314. The second-order valence-corrected chi connectivity index (χ2v) is 5.16. The van der Waals surface area contributed by atoms with Crippen molar-refractivity contribution in [2.45, 2.75) is 38.2 Å². The number of benzene rings is 1. The van der Waals surface area contributed by atoms with E-state index in [1.165, 1.54) is 12.8 Å². The largest absolute Gasteiger partial charge is 0.378 e. The number of ether oxygens (including phenoxy) is 1. The third kappa shape index (κ3) is 4.58. The third-order valence-corrected chi connectivity index (χ3v) is 3.68. The number of nitrogens with zero attached hydrogens (tertiary/aromatic N) is 1. The first-order valence-electron chi connectivity index (χ1n) is 7.32. The summed E-state index contributed by atoms with van der Waals surface area (Å²) in [6.45, 7) is 2.56. The molecule has 0 aromatic heterocycles. The highest BCUT2D eigenvalue weighted by atomic mass is 16.6. The molecule has 20 heavy (non-hydrogen) atoms. The average Bonchev–Trinajstić information content (AvgIpc) is 2.48. The van der Waals surface area contributed by atoms with E-state index in [0.29, 0.717) is 12.5 Å². The van der Waals surface area contributed by atoms with Crippen LogP contribution in [0.25, 0.3) is 0 Å². The summed E-state index contributed by atoms with van der Waals surface area (Å²) in [7, 11) is 0. The molecule has 1 aromatic rings. The average molecular weight is 278 g/mol. The fraction of sp³-hybridized carbons (Fsp3) is 0.600. The van der Waals surface area contributed by atoms with Gasteiger partial charge in [-0.15, -0.1) is 0 Å². The van der Waals surface area contributed by atoms with Crippen LogP contribution in [0.2, 0.25) is 0 Å². The molecule has 0 saturated carbocycles. The summed E-state index contributed by atoms with van der Waals surface area (Å²) < 4.78 is 5.66. The van der Waals surface area contributed by atoms with Crippen molar-refractivity contribution in [1.82, 2.24) is 5.32 Å². The molecule has 0 amide bonds. The van der Waals surface area contributed by atoms with Crippen LogP contribution in [0.15, 0.2) is 24.3 Å². The lowest BCUT2D eigenvalue weighted by atomic mass is 10.1. The summed E-state index contributed by atoms with van der Waals surface area (Å²) in [6.07, 6.45) is 5.70. The van der Waals surface area contributed by atoms with Gasteiger partial charge in [-0.1, -0.05) is 18.2 Å². The van der Waals surface area contributed by atoms with Crippen LogP contribution in [-0.4, -0.2) is 30.7 Å². The van der Waals surface area contributed by atoms with Crippen molar-refractivity contribution in [3.8, 4) is 0 Å². The zero-order valence-corrected chi connectivity index (χ0v) is 11.7. The zero-order chi connectivity index (χ0) is 14.2. The predicted molar refractivity (Wildman–Crippen MR) is 77.9 cm³/mol. The Kier molecular flexibility index (Phi) is 5.95. The molecule has 110 valence electrons. The first kappa shape index (κ1) is 14.9. The van der Waals surface area contributed by atoms with Crippen molar-refractivity contribution in [1.29, 1.82) is 0 Å². The zero-order valence-electron chi connectivity index (χ0n) is 11.7. The van der Waals surface area contributed by atoms with Crippen LogP contribution < -0.4 is 5.32 Å². The van der Waals surface area contributed by atoms with Crippen LogP contribution in [0.5, 0.6) is 0 Å². The smallest absolute Gasteiger partial charge is 0.272 e. The van der Waals surface area contributed by atoms with Gasteiger partial charge in [0, 0.05) is 18.2 Å². The quantitative estimate of drug-likeness (QED) is 0.473. The van der Waals surface area contributed by atoms with Crippen LogP contribution in [0.4, 0.5) is 5.69 Å². The molecular formula is C15H22N2O3. The molecule has 1 aromatic carbocycles. The van der Waals surface area contributed by atoms with Gasteiger partial charge in [0.2, 0.25) is 0 Å². The van der Waals surface area contributed by atoms with Gasteiger partial charge >= 0.3 is 0 Å². The lowest BCUT2D eigenvalue weighted by Crippen LogP contribution is -2.26. The van der Waals surface area contributed by atoms with Gasteiger partial charge in [-0.05, 0) is 45.2 Å². The lowest BCUT2D eigenvalue weighted by Gasteiger charge is -2.22. The molecule has 0 spiro atoms. The highest BCUT2D eigenvalue weighted by molar-refractivity contribution is 5.39. The summed E-state index contributed by atoms with van der Waals surface area (Å²) >= 11 is 0. The topological polar surface area (TPSA) is 64.4 Å². The molecule has 1 aliphatic rings. The molecule has 2 rings (SSSR count). The van der Waals surface area contributed by atoms with Gasteiger partial charge in [-0.25, -0.2) is 0 Å². The number of hydrogen-bond donors (Lipinski definition) is 1. The summed E-state index contributed by atoms with van der Waals surface area (Å²) in [4.78, 5) is 10.6. The highest BCUT2D eigenvalue weighted by Crippen LogP contribution is 2.18. The second-order valence-electron chi connectivity index (χ2n) is 5.16. The van der Waals surface area contributed by atoms with Crippen LogP contribution >= 0.6 is 0 Å². The maximum Gasteiger partial charge on any atom is 0.272 e. The molecule has 1 aliphatic heterocycles. The Morgan fingerprint density at radius 3 is 2.90 bits per heavy atom. The van der Waals surface area contributed by atoms with Crippen molar-refractivity contribution < 1.29 is 9.66 Å². The minimum absolute atomic E-state index is 0.213. The fourth-order valence-electron chi connectivity index (χ4n) is 2.55. The van der Waals surface area contributed by atoms with E-state index in [4.69, 9.17) is 4.74 Å². The van der Waals surface area contributed by atoms with Crippen LogP contribution in [0.3, 0.4) is 0 Å². The molecule has 5 nitrogen and oxygen atoms in total. The predicted octanol–water partition coefficient (Wildman–Crippen LogP) is 2.69. The molecule has 1 atom stereocenters. The molecule has 1 heterocycles. The molecule has 1 N–H and O–H groups in total. The van der Waals surface area contributed by atoms with E-state index in [2.05, 4.69) is 5.32 Å². The first-order valence-corrected chi connectivity index (χ1v) is 7.32. The summed E-state index contributed by atoms with van der Waals surface area (Å²) in [5, 5.41) is 14.2. The van der Waals surface area contributed by atoms with Crippen molar-refractivity contribution >= 4 is 5.69 Å². The summed E-state index contributed by atoms with van der Waals surface area (Å²) in [5.74, 6) is 0. The van der Waals surface area contributed by atoms with Crippen molar-refractivity contribution in [2.24, 2.45) is 0 Å². The van der Waals surface area contributed by atoms with E-state index in [-0.39, 0.29) is 10.6 Å². The molecule has 0 bridgehead atoms. The number of nitrogens with one attached hydrogen (secondary N) is 1. The molecule has 1 unspecified atom stereocenters. The van der Waals surface area contributed by atoms with Gasteiger partial charge in [-0.3, -0.25) is 10.1 Å². The summed E-state index contributed by atoms with van der Waals surface area (Å²) in [6, 6.07) is 6.93. The van der Waals surface area contributed by atoms with E-state index in [0.717, 1.165) is 38.1 Å². The van der Waals surface area contributed by atoms with Crippen molar-refractivity contribution in [2.75, 3.05) is 19.7 Å². The Morgan fingerprint density at radius 2 is 2.15 bits per heavy atom. The molecular weight excluding hydrogens is 256 g/mol. The van der Waals surface area contributed by atoms with Gasteiger partial charge in [0.15, 0.2) is 0 Å². The monoisotopic (exact) mass is 278 g/mol. The van der Waals surface area contributed by atoms with E-state index in [1.807, 2.05) is 12.1 Å². The van der Waals surface area contributed by atoms with Crippen LogP contribution in [-0.2, 0) is 11.2 Å². The number of rotatable bonds is 7. The van der Waals surface area contributed by atoms with Crippen molar-refractivity contribution in [3.05, 3.63) is 39.9 Å². The first-order chi connectivity index (χ1) is 9.77. The van der Waals surface area contributed by atoms with Gasteiger partial charge in [0.25, 0.3) is 5.69 Å². The van der Waals surface area contributed by atoms with Gasteiger partial charge < -0.3 is 10.1 Å². The number of nitro groups is 1. The molecule has 0 aliphatic carbocycles. The standard InChI is InChI=1S/C15H22N2O3/c18-17(19)15-7-2-1-5-13(15)8-10-16-11-9-14-6-3-4-12-20-14/h1-2,5,7,14,16H,3-4,6,8-12H2. The van der Waals surface area contributed by atoms with Gasteiger partial charge in [0.05, 0.1) is 11.0 Å². The van der Waals surface area contributed by atoms with Crippen LogP contribution in [0, 0.1) is 10.1 Å². The Bertz CT molecular complexity index is 431. The van der Waals surface area contributed by atoms with E-state index in [9.17, 15) is 10.1 Å². The maximum atomic E-state index is 10.9. The van der Waals surface area contributed by atoms with Crippen LogP contribution in [0.1, 0.15) is 31.2 Å². The second kappa shape index (κ2) is 7.97. The SMILES string of the molecule is O=[N+]([O-])c1ccccc1CCNCCC1CCCCO1. The van der Waals surface area contributed by atoms with E-state index in [1.54, 1.807) is 12.1 Å². The Labute approximate surface area is 119 Å². The molecule has 5 heteroatoms. The van der Waals surface area contributed by atoms with Crippen molar-refractivity contribution in [3.63, 3.8) is 0 Å². The molecule has 1 fully saturated rings. The Morgan fingerprint density at radius 1 is 1.30 bits per heavy atom. The number of nitro benzene ring substituents is 1. The molecule has 0 radical (unpaired) electrons. The van der Waals surface area contributed by atoms with E-state index >= 15 is 0 Å². The fourth-order valence-corrected chi connectivity index (χ4v) is 2.55. The Balaban J connectivity index is 1.67. The van der Waals surface area contributed by atoms with Gasteiger partial charge in [0.1, 0.15) is 0 Å². The van der Waals surface area contributed by atoms with E-state index < -0.39 is 0 Å². The number of para-hydroxylation sites is 1. The molecule has 1 saturated heterocycles. The maximum absolute atomic E-state index is 10.9. The highest BCUT2D eigenvalue weighted by Gasteiger charge is 2.13. The number of hydrogen-bond acceptors (Lipinski definition) is 4. The Hall–Kier alpha value is -1.46. The lowest BCUT2D eigenvalue weighted by molar-refractivity contribution is -0.385. The third-order valence-electron chi connectivity index (χ3n) is 3.68. The minimum Gasteiger partial charge on any atom is -0.378 e. The summed E-state index contributed by atoms with van der Waals surface area (Å²) in [5.41, 5.74) is 1.00.